The van der Waals surface area contributed by atoms with E-state index in [-0.39, 0.29) is 11.2 Å². The van der Waals surface area contributed by atoms with Crippen LogP contribution in [0.25, 0.3) is 5.69 Å². The third kappa shape index (κ3) is 4.08. The molecule has 7 heteroatoms. The monoisotopic (exact) mass is 375 g/mol. The Morgan fingerprint density at radius 3 is 3.00 bits per heavy atom. The molecule has 0 saturated heterocycles. The van der Waals surface area contributed by atoms with Crippen molar-refractivity contribution in [1.82, 2.24) is 14.9 Å². The van der Waals surface area contributed by atoms with Gasteiger partial charge in [0.05, 0.1) is 23.7 Å². The number of carbonyl (C=O) groups is 1. The molecule has 0 aliphatic rings. The zero-order valence-corrected chi connectivity index (χ0v) is 15.5. The van der Waals surface area contributed by atoms with Crippen molar-refractivity contribution < 1.29 is 9.21 Å². The van der Waals surface area contributed by atoms with E-state index in [0.29, 0.717) is 11.6 Å². The summed E-state index contributed by atoms with van der Waals surface area (Å²) in [6.07, 6.45) is 5.18. The van der Waals surface area contributed by atoms with E-state index in [0.717, 1.165) is 22.2 Å². The molecule has 3 rings (SSSR count). The average Bonchev–Trinajstić information content (AvgIpc) is 3.27. The van der Waals surface area contributed by atoms with Gasteiger partial charge in [-0.15, -0.1) is 0 Å². The first-order chi connectivity index (χ1) is 12.1. The second kappa shape index (κ2) is 7.80. The lowest BCUT2D eigenvalue weighted by Gasteiger charge is -2.14. The van der Waals surface area contributed by atoms with Crippen LogP contribution in [0.1, 0.15) is 18.2 Å². The Morgan fingerprint density at radius 2 is 2.24 bits per heavy atom. The number of hydrogen-bond acceptors (Lipinski definition) is 4. The highest BCUT2D eigenvalue weighted by atomic mass is 35.5. The minimum absolute atomic E-state index is 0.0706. The van der Waals surface area contributed by atoms with Crippen molar-refractivity contribution >= 4 is 29.3 Å². The fraction of sp³-hybridized carbons (Fsp3) is 0.222. The molecule has 130 valence electrons. The number of nitrogens with zero attached hydrogens (tertiary/aromatic N) is 2. The van der Waals surface area contributed by atoms with Gasteiger partial charge in [0.1, 0.15) is 5.76 Å². The Balaban J connectivity index is 1.70. The number of benzene rings is 1. The van der Waals surface area contributed by atoms with Crippen LogP contribution < -0.4 is 5.32 Å². The van der Waals surface area contributed by atoms with Gasteiger partial charge in [0.25, 0.3) is 0 Å². The maximum Gasteiger partial charge on any atom is 0.233 e. The van der Waals surface area contributed by atoms with Crippen molar-refractivity contribution in [3.8, 4) is 5.69 Å². The molecule has 0 spiro atoms. The second-order valence-electron chi connectivity index (χ2n) is 5.52. The van der Waals surface area contributed by atoms with Crippen LogP contribution in [0.15, 0.2) is 58.6 Å². The Bertz CT molecular complexity index is 861. The SMILES string of the molecule is Cc1c(Cl)cccc1-n1ccnc1S[C@@H](C)C(=O)NCc1ccco1. The van der Waals surface area contributed by atoms with Gasteiger partial charge < -0.3 is 9.73 Å². The maximum atomic E-state index is 12.3. The van der Waals surface area contributed by atoms with E-state index in [1.54, 1.807) is 18.5 Å². The lowest BCUT2D eigenvalue weighted by Crippen LogP contribution is -2.30. The molecule has 0 saturated carbocycles. The third-order valence-electron chi connectivity index (χ3n) is 3.77. The Morgan fingerprint density at radius 1 is 1.40 bits per heavy atom. The standard InChI is InChI=1S/C18H18ClN3O2S/c1-12-15(19)6-3-7-16(12)22-9-8-20-18(22)25-13(2)17(23)21-11-14-5-4-10-24-14/h3-10,13H,11H2,1-2H3,(H,21,23)/t13-/m0/s1. The van der Waals surface area contributed by atoms with Crippen LogP contribution >= 0.6 is 23.4 Å². The second-order valence-corrected chi connectivity index (χ2v) is 7.24. The van der Waals surface area contributed by atoms with E-state index in [1.165, 1.54) is 11.8 Å². The molecule has 0 bridgehead atoms. The van der Waals surface area contributed by atoms with Crippen molar-refractivity contribution in [2.75, 3.05) is 0 Å². The molecule has 0 unspecified atom stereocenters. The molecule has 1 N–H and O–H groups in total. The highest BCUT2D eigenvalue weighted by molar-refractivity contribution is 8.00. The predicted molar refractivity (Wildman–Crippen MR) is 99.2 cm³/mol. The molecule has 5 nitrogen and oxygen atoms in total. The summed E-state index contributed by atoms with van der Waals surface area (Å²) in [6.45, 7) is 4.19. The van der Waals surface area contributed by atoms with Crippen molar-refractivity contribution in [2.24, 2.45) is 0 Å². The summed E-state index contributed by atoms with van der Waals surface area (Å²) in [5, 5.41) is 4.01. The van der Waals surface area contributed by atoms with Gasteiger partial charge in [0, 0.05) is 17.4 Å². The van der Waals surface area contributed by atoms with Crippen molar-refractivity contribution in [1.29, 1.82) is 0 Å². The number of amides is 1. The zero-order valence-electron chi connectivity index (χ0n) is 13.9. The highest BCUT2D eigenvalue weighted by Crippen LogP contribution is 2.28. The summed E-state index contributed by atoms with van der Waals surface area (Å²) in [7, 11) is 0. The highest BCUT2D eigenvalue weighted by Gasteiger charge is 2.18. The van der Waals surface area contributed by atoms with E-state index in [2.05, 4.69) is 10.3 Å². The molecule has 25 heavy (non-hydrogen) atoms. The minimum Gasteiger partial charge on any atom is -0.467 e. The average molecular weight is 376 g/mol. The fourth-order valence-electron chi connectivity index (χ4n) is 2.36. The van der Waals surface area contributed by atoms with Gasteiger partial charge in [-0.1, -0.05) is 29.4 Å². The summed E-state index contributed by atoms with van der Waals surface area (Å²) in [5.74, 6) is 0.653. The first-order valence-electron chi connectivity index (χ1n) is 7.82. The quantitative estimate of drug-likeness (QED) is 0.655. The Kier molecular flexibility index (Phi) is 5.50. The molecule has 0 aliphatic carbocycles. The number of carbonyl (C=O) groups excluding carboxylic acids is 1. The van der Waals surface area contributed by atoms with E-state index < -0.39 is 0 Å². The number of imidazole rings is 1. The third-order valence-corrected chi connectivity index (χ3v) is 5.26. The zero-order chi connectivity index (χ0) is 17.8. The predicted octanol–water partition coefficient (Wildman–Crippen LogP) is 4.22. The van der Waals surface area contributed by atoms with Crippen LogP contribution in [-0.2, 0) is 11.3 Å². The summed E-state index contributed by atoms with van der Waals surface area (Å²) < 4.78 is 7.17. The number of thioether (sulfide) groups is 1. The fourth-order valence-corrected chi connectivity index (χ4v) is 3.43. The summed E-state index contributed by atoms with van der Waals surface area (Å²) >= 11 is 7.61. The molecule has 3 aromatic rings. The van der Waals surface area contributed by atoms with Gasteiger partial charge in [-0.2, -0.15) is 0 Å². The minimum atomic E-state index is -0.296. The Labute approximate surface area is 155 Å². The van der Waals surface area contributed by atoms with Gasteiger partial charge in [-0.3, -0.25) is 9.36 Å². The molecule has 1 amide bonds. The first kappa shape index (κ1) is 17.6. The summed E-state index contributed by atoms with van der Waals surface area (Å²) in [5.41, 5.74) is 1.93. The van der Waals surface area contributed by atoms with Crippen LogP contribution in [0.2, 0.25) is 5.02 Å². The van der Waals surface area contributed by atoms with E-state index in [1.807, 2.05) is 48.9 Å². The van der Waals surface area contributed by atoms with E-state index in [9.17, 15) is 4.79 Å². The number of halogens is 1. The molecular formula is C18H18ClN3O2S. The Hall–Kier alpha value is -2.18. The van der Waals surface area contributed by atoms with E-state index >= 15 is 0 Å². The summed E-state index contributed by atoms with van der Waals surface area (Å²) in [4.78, 5) is 16.7. The lowest BCUT2D eigenvalue weighted by atomic mass is 10.2. The number of nitrogens with one attached hydrogen (secondary N) is 1. The molecule has 0 radical (unpaired) electrons. The van der Waals surface area contributed by atoms with Crippen LogP contribution in [0.3, 0.4) is 0 Å². The molecule has 0 fully saturated rings. The van der Waals surface area contributed by atoms with Gasteiger partial charge >= 0.3 is 0 Å². The molecule has 2 heterocycles. The van der Waals surface area contributed by atoms with Gasteiger partial charge in [-0.05, 0) is 43.7 Å². The van der Waals surface area contributed by atoms with Gasteiger partial charge in [0.15, 0.2) is 5.16 Å². The number of aromatic nitrogens is 2. The van der Waals surface area contributed by atoms with Crippen LogP contribution in [-0.4, -0.2) is 20.7 Å². The molecule has 2 aromatic heterocycles. The van der Waals surface area contributed by atoms with Crippen molar-refractivity contribution in [2.45, 2.75) is 30.8 Å². The maximum absolute atomic E-state index is 12.3. The summed E-state index contributed by atoms with van der Waals surface area (Å²) in [6, 6.07) is 9.36. The molecule has 1 aromatic carbocycles. The van der Waals surface area contributed by atoms with Gasteiger partial charge in [0.2, 0.25) is 5.91 Å². The number of furan rings is 1. The molecule has 1 atom stereocenters. The first-order valence-corrected chi connectivity index (χ1v) is 9.07. The van der Waals surface area contributed by atoms with Crippen LogP contribution in [0, 0.1) is 6.92 Å². The number of hydrogen-bond donors (Lipinski definition) is 1. The van der Waals surface area contributed by atoms with E-state index in [4.69, 9.17) is 16.0 Å². The lowest BCUT2D eigenvalue weighted by molar-refractivity contribution is -0.120. The van der Waals surface area contributed by atoms with Crippen LogP contribution in [0.4, 0.5) is 0 Å². The van der Waals surface area contributed by atoms with Crippen LogP contribution in [0.5, 0.6) is 0 Å². The van der Waals surface area contributed by atoms with Crippen molar-refractivity contribution in [3.63, 3.8) is 0 Å². The van der Waals surface area contributed by atoms with Crippen molar-refractivity contribution in [3.05, 3.63) is 65.3 Å². The molecule has 0 aliphatic heterocycles. The topological polar surface area (TPSA) is 60.1 Å². The largest absolute Gasteiger partial charge is 0.467 e. The number of rotatable bonds is 6. The normalized spacial score (nSPS) is 12.1. The smallest absolute Gasteiger partial charge is 0.233 e. The molecular weight excluding hydrogens is 358 g/mol. The van der Waals surface area contributed by atoms with Gasteiger partial charge in [-0.25, -0.2) is 4.98 Å².